The lowest BCUT2D eigenvalue weighted by Gasteiger charge is -2.34. The second kappa shape index (κ2) is 7.93. The predicted octanol–water partition coefficient (Wildman–Crippen LogP) is 4.79. The number of carbonyl (C=O) groups is 1. The normalized spacial score (nSPS) is 13.1. The van der Waals surface area contributed by atoms with Crippen molar-refractivity contribution in [2.24, 2.45) is 5.92 Å². The first kappa shape index (κ1) is 23.7. The van der Waals surface area contributed by atoms with Crippen LogP contribution >= 0.6 is 0 Å². The van der Waals surface area contributed by atoms with Gasteiger partial charge in [-0.05, 0) is 43.9 Å². The molecular weight excluding hydrogens is 416 g/mol. The number of aromatic amines is 1. The van der Waals surface area contributed by atoms with E-state index in [0.717, 1.165) is 12.1 Å². The molecule has 0 aliphatic carbocycles. The molecule has 0 aliphatic heterocycles. The maximum absolute atomic E-state index is 13.3. The fourth-order valence-electron chi connectivity index (χ4n) is 3.18. The Labute approximate surface area is 168 Å². The van der Waals surface area contributed by atoms with Crippen LogP contribution < -0.4 is 5.32 Å². The monoisotopic (exact) mass is 437 g/mol. The van der Waals surface area contributed by atoms with Crippen molar-refractivity contribution in [2.45, 2.75) is 52.1 Å². The molecule has 0 unspecified atom stereocenters. The zero-order valence-electron chi connectivity index (χ0n) is 16.6. The van der Waals surface area contributed by atoms with Gasteiger partial charge in [-0.25, -0.2) is 0 Å². The van der Waals surface area contributed by atoms with Crippen molar-refractivity contribution in [2.75, 3.05) is 5.32 Å². The molecule has 30 heavy (non-hydrogen) atoms. The summed E-state index contributed by atoms with van der Waals surface area (Å²) in [6, 6.07) is 2.45. The van der Waals surface area contributed by atoms with Gasteiger partial charge in [0.1, 0.15) is 0 Å². The second-order valence-corrected chi connectivity index (χ2v) is 7.44. The molecule has 1 amide bonds. The minimum atomic E-state index is -5.99. The lowest BCUT2D eigenvalue weighted by atomic mass is 9.85. The number of nitrogens with zero attached hydrogens (tertiary/aromatic N) is 1. The zero-order chi connectivity index (χ0) is 23.1. The third-order valence-electron chi connectivity index (χ3n) is 4.56. The van der Waals surface area contributed by atoms with E-state index in [1.807, 2.05) is 0 Å². The molecule has 1 heterocycles. The largest absolute Gasteiger partial charge is 0.430 e. The van der Waals surface area contributed by atoms with E-state index in [1.54, 1.807) is 27.7 Å². The molecule has 166 valence electrons. The number of carbonyl (C=O) groups excluding carboxylic acids is 1. The van der Waals surface area contributed by atoms with E-state index in [0.29, 0.717) is 17.5 Å². The highest BCUT2D eigenvalue weighted by Gasteiger charge is 2.71. The molecule has 0 saturated carbocycles. The van der Waals surface area contributed by atoms with E-state index in [4.69, 9.17) is 0 Å². The molecule has 3 N–H and O–H groups in total. The Bertz CT molecular complexity index is 898. The van der Waals surface area contributed by atoms with Crippen LogP contribution in [0.15, 0.2) is 18.2 Å². The van der Waals surface area contributed by atoms with Gasteiger partial charge in [0, 0.05) is 16.9 Å². The minimum Gasteiger partial charge on any atom is -0.369 e. The molecule has 5 nitrogen and oxygen atoms in total. The summed E-state index contributed by atoms with van der Waals surface area (Å²) in [7, 11) is 0. The summed E-state index contributed by atoms with van der Waals surface area (Å²) in [5, 5.41) is 18.7. The Kier molecular flexibility index (Phi) is 6.27. The van der Waals surface area contributed by atoms with Crippen molar-refractivity contribution in [1.82, 2.24) is 10.2 Å². The van der Waals surface area contributed by atoms with Gasteiger partial charge in [0.25, 0.3) is 11.5 Å². The number of anilines is 1. The van der Waals surface area contributed by atoms with Gasteiger partial charge < -0.3 is 10.4 Å². The highest BCUT2D eigenvalue weighted by atomic mass is 19.4. The van der Waals surface area contributed by atoms with E-state index < -0.39 is 29.4 Å². The first-order valence-electron chi connectivity index (χ1n) is 8.91. The first-order chi connectivity index (χ1) is 13.6. The number of rotatable bonds is 5. The summed E-state index contributed by atoms with van der Waals surface area (Å²) in [5.74, 6) is -0.942. The Balaban J connectivity index is 2.56. The molecule has 2 rings (SSSR count). The van der Waals surface area contributed by atoms with Crippen molar-refractivity contribution < 1.29 is 36.2 Å². The lowest BCUT2D eigenvalue weighted by Crippen LogP contribution is -2.54. The van der Waals surface area contributed by atoms with Crippen LogP contribution in [0.5, 0.6) is 0 Å². The average Bonchev–Trinajstić information content (AvgIpc) is 2.90. The number of hydrogen-bond donors (Lipinski definition) is 3. The second-order valence-electron chi connectivity index (χ2n) is 7.44. The van der Waals surface area contributed by atoms with Crippen molar-refractivity contribution in [3.63, 3.8) is 0 Å². The van der Waals surface area contributed by atoms with Crippen LogP contribution in [0.3, 0.4) is 0 Å². The Morgan fingerprint density at radius 3 is 2.13 bits per heavy atom. The number of nitrogens with one attached hydrogen (secondary N) is 2. The van der Waals surface area contributed by atoms with E-state index in [1.165, 1.54) is 0 Å². The van der Waals surface area contributed by atoms with E-state index in [2.05, 4.69) is 15.5 Å². The number of benzene rings is 1. The number of aliphatic hydroxyl groups is 1. The van der Waals surface area contributed by atoms with Crippen LogP contribution in [0.1, 0.15) is 46.7 Å². The molecule has 0 atom stereocenters. The standard InChI is InChI=1S/C19H21F6N3O2/c1-9(2)7-12-8-13(26-16(29)15-10(3)27-28-11(15)4)5-6-14(12)17(30,18(20,21)22)19(23,24)25/h5-6,8-9,30H,7H2,1-4H3,(H,26,29)(H,27,28). The van der Waals surface area contributed by atoms with Crippen LogP contribution in [-0.2, 0) is 12.0 Å². The molecule has 2 aromatic rings. The highest BCUT2D eigenvalue weighted by molar-refractivity contribution is 6.05. The molecule has 1 aromatic heterocycles. The summed E-state index contributed by atoms with van der Waals surface area (Å²) in [6.07, 6.45) is -12.2. The van der Waals surface area contributed by atoms with E-state index in [-0.39, 0.29) is 29.2 Å². The van der Waals surface area contributed by atoms with Gasteiger partial charge in [-0.2, -0.15) is 31.4 Å². The SMILES string of the molecule is Cc1n[nH]c(C)c1C(=O)Nc1ccc(C(O)(C(F)(F)F)C(F)(F)F)c(CC(C)C)c1. The van der Waals surface area contributed by atoms with Crippen molar-refractivity contribution in [3.8, 4) is 0 Å². The number of alkyl halides is 6. The van der Waals surface area contributed by atoms with E-state index in [9.17, 15) is 36.2 Å². The van der Waals surface area contributed by atoms with Crippen LogP contribution in [0.2, 0.25) is 0 Å². The summed E-state index contributed by atoms with van der Waals surface area (Å²) < 4.78 is 80.0. The van der Waals surface area contributed by atoms with Crippen molar-refractivity contribution in [3.05, 3.63) is 46.3 Å². The molecule has 1 aromatic carbocycles. The lowest BCUT2D eigenvalue weighted by molar-refractivity contribution is -0.376. The minimum absolute atomic E-state index is 0.00824. The Morgan fingerprint density at radius 2 is 1.70 bits per heavy atom. The number of H-pyrrole nitrogens is 1. The highest BCUT2D eigenvalue weighted by Crippen LogP contribution is 2.51. The number of hydrogen-bond acceptors (Lipinski definition) is 3. The number of aromatic nitrogens is 2. The van der Waals surface area contributed by atoms with Gasteiger partial charge in [-0.1, -0.05) is 19.9 Å². The molecule has 0 aliphatic rings. The topological polar surface area (TPSA) is 78.0 Å². The number of halogens is 6. The van der Waals surface area contributed by atoms with Crippen molar-refractivity contribution in [1.29, 1.82) is 0 Å². The zero-order valence-corrected chi connectivity index (χ0v) is 16.6. The summed E-state index contributed by atoms with van der Waals surface area (Å²) in [5.41, 5.74) is -5.69. The van der Waals surface area contributed by atoms with Crippen LogP contribution in [0.4, 0.5) is 32.0 Å². The van der Waals surface area contributed by atoms with Gasteiger partial charge in [0.2, 0.25) is 0 Å². The quantitative estimate of drug-likeness (QED) is 0.589. The molecule has 11 heteroatoms. The molecule has 0 spiro atoms. The van der Waals surface area contributed by atoms with Gasteiger partial charge >= 0.3 is 12.4 Å². The number of amides is 1. The van der Waals surface area contributed by atoms with Gasteiger partial charge in [0.05, 0.1) is 11.3 Å². The number of aryl methyl sites for hydroxylation is 2. The predicted molar refractivity (Wildman–Crippen MR) is 97.0 cm³/mol. The molecule has 0 saturated heterocycles. The van der Waals surface area contributed by atoms with Crippen LogP contribution in [0, 0.1) is 19.8 Å². The third-order valence-corrected chi connectivity index (χ3v) is 4.56. The maximum atomic E-state index is 13.3. The fourth-order valence-corrected chi connectivity index (χ4v) is 3.18. The molecular formula is C19H21F6N3O2. The first-order valence-corrected chi connectivity index (χ1v) is 8.91. The van der Waals surface area contributed by atoms with Gasteiger partial charge in [-0.15, -0.1) is 0 Å². The average molecular weight is 437 g/mol. The van der Waals surface area contributed by atoms with Crippen LogP contribution in [0.25, 0.3) is 0 Å². The van der Waals surface area contributed by atoms with Crippen LogP contribution in [-0.4, -0.2) is 33.6 Å². The summed E-state index contributed by atoms with van der Waals surface area (Å²) in [4.78, 5) is 12.5. The molecule has 0 bridgehead atoms. The van der Waals surface area contributed by atoms with Gasteiger partial charge in [-0.3, -0.25) is 9.89 Å². The Hall–Kier alpha value is -2.56. The fraction of sp³-hybridized carbons (Fsp3) is 0.474. The van der Waals surface area contributed by atoms with E-state index >= 15 is 0 Å². The van der Waals surface area contributed by atoms with Gasteiger partial charge in [0.15, 0.2) is 0 Å². The van der Waals surface area contributed by atoms with Crippen molar-refractivity contribution >= 4 is 11.6 Å². The smallest absolute Gasteiger partial charge is 0.369 e. The third kappa shape index (κ3) is 4.30. The molecule has 0 radical (unpaired) electrons. The summed E-state index contributed by atoms with van der Waals surface area (Å²) in [6.45, 7) is 6.37. The maximum Gasteiger partial charge on any atom is 0.430 e. The Morgan fingerprint density at radius 1 is 1.13 bits per heavy atom. The summed E-state index contributed by atoms with van der Waals surface area (Å²) >= 11 is 0. The molecule has 0 fully saturated rings.